The minimum atomic E-state index is -1.01. The standard InChI is InChI=1S/C28H18N2O6S/c31-25(29-21-7-5-15-11-19(27(33)34)3-1-17(15)13-21)23-9-10-24(37-23)26(32)30-22-8-6-16-12-20(28(35)36)4-2-18(16)14-22/h1-14H,(H,29,31)(H,30,32)(H,33,34)(H,35,36). The second-order valence-electron chi connectivity index (χ2n) is 8.24. The van der Waals surface area contributed by atoms with Gasteiger partial charge < -0.3 is 20.8 Å². The van der Waals surface area contributed by atoms with Gasteiger partial charge in [0.15, 0.2) is 0 Å². The Hall–Kier alpha value is -5.02. The minimum Gasteiger partial charge on any atom is -0.478 e. The summed E-state index contributed by atoms with van der Waals surface area (Å²) < 4.78 is 0. The van der Waals surface area contributed by atoms with E-state index in [1.807, 2.05) is 0 Å². The SMILES string of the molecule is O=C(O)c1ccc2cc(NC(=O)c3ccc(C(=O)Nc4ccc5cc(C(=O)O)ccc5c4)s3)ccc2c1. The molecule has 37 heavy (non-hydrogen) atoms. The zero-order valence-corrected chi connectivity index (χ0v) is 19.8. The first-order valence-corrected chi connectivity index (χ1v) is 11.9. The summed E-state index contributed by atoms with van der Waals surface area (Å²) in [6.07, 6.45) is 0. The topological polar surface area (TPSA) is 133 Å². The monoisotopic (exact) mass is 510 g/mol. The van der Waals surface area contributed by atoms with E-state index in [4.69, 9.17) is 10.2 Å². The van der Waals surface area contributed by atoms with Crippen molar-refractivity contribution in [3.05, 3.63) is 106 Å². The maximum Gasteiger partial charge on any atom is 0.335 e. The molecule has 5 rings (SSSR count). The fourth-order valence-corrected chi connectivity index (χ4v) is 4.68. The number of amides is 2. The van der Waals surface area contributed by atoms with E-state index in [0.717, 1.165) is 32.9 Å². The summed E-state index contributed by atoms with van der Waals surface area (Å²) in [4.78, 5) is 48.5. The van der Waals surface area contributed by atoms with Crippen molar-refractivity contribution in [2.24, 2.45) is 0 Å². The number of fused-ring (bicyclic) bond motifs is 2. The summed E-state index contributed by atoms with van der Waals surface area (Å²) in [6.45, 7) is 0. The van der Waals surface area contributed by atoms with Crippen LogP contribution < -0.4 is 10.6 Å². The predicted octanol–water partition coefficient (Wildman–Crippen LogP) is 5.96. The molecular formula is C28H18N2O6S. The first kappa shape index (κ1) is 23.7. The molecule has 0 saturated heterocycles. The van der Waals surface area contributed by atoms with Gasteiger partial charge in [0.2, 0.25) is 0 Å². The number of carbonyl (C=O) groups excluding carboxylic acids is 2. The smallest absolute Gasteiger partial charge is 0.335 e. The second-order valence-corrected chi connectivity index (χ2v) is 9.32. The van der Waals surface area contributed by atoms with E-state index in [2.05, 4.69) is 10.6 Å². The molecule has 0 atom stereocenters. The molecule has 4 aromatic carbocycles. The highest BCUT2D eigenvalue weighted by Crippen LogP contribution is 2.25. The Balaban J connectivity index is 1.27. The summed E-state index contributed by atoms with van der Waals surface area (Å²) >= 11 is 1.05. The third kappa shape index (κ3) is 5.02. The fraction of sp³-hybridized carbons (Fsp3) is 0. The van der Waals surface area contributed by atoms with Gasteiger partial charge in [-0.25, -0.2) is 9.59 Å². The summed E-state index contributed by atoms with van der Waals surface area (Å²) in [5.41, 5.74) is 1.46. The number of carboxylic acids is 2. The molecule has 0 bridgehead atoms. The first-order valence-electron chi connectivity index (χ1n) is 11.0. The lowest BCUT2D eigenvalue weighted by Gasteiger charge is -2.07. The Kier molecular flexibility index (Phi) is 6.12. The summed E-state index contributed by atoms with van der Waals surface area (Å²) in [7, 11) is 0. The molecule has 0 aliphatic heterocycles. The van der Waals surface area contributed by atoms with Crippen molar-refractivity contribution < 1.29 is 29.4 Å². The van der Waals surface area contributed by atoms with E-state index in [-0.39, 0.29) is 22.9 Å². The van der Waals surface area contributed by atoms with Crippen molar-refractivity contribution in [2.45, 2.75) is 0 Å². The number of nitrogens with one attached hydrogen (secondary N) is 2. The van der Waals surface area contributed by atoms with Crippen LogP contribution in [0.15, 0.2) is 84.9 Å². The summed E-state index contributed by atoms with van der Waals surface area (Å²) in [5, 5.41) is 26.9. The molecule has 182 valence electrons. The van der Waals surface area contributed by atoms with Crippen molar-refractivity contribution >= 4 is 68.0 Å². The van der Waals surface area contributed by atoms with Crippen molar-refractivity contribution in [3.63, 3.8) is 0 Å². The molecule has 0 aliphatic rings. The largest absolute Gasteiger partial charge is 0.478 e. The van der Waals surface area contributed by atoms with Crippen molar-refractivity contribution in [3.8, 4) is 0 Å². The maximum absolute atomic E-state index is 12.8. The van der Waals surface area contributed by atoms with E-state index in [9.17, 15) is 19.2 Å². The molecule has 0 unspecified atom stereocenters. The van der Waals surface area contributed by atoms with Crippen LogP contribution in [0.1, 0.15) is 40.1 Å². The van der Waals surface area contributed by atoms with Crippen molar-refractivity contribution in [1.29, 1.82) is 0 Å². The number of benzene rings is 4. The van der Waals surface area contributed by atoms with Gasteiger partial charge in [-0.05, 0) is 82.2 Å². The first-order chi connectivity index (χ1) is 17.8. The molecule has 1 heterocycles. The molecule has 0 aliphatic carbocycles. The van der Waals surface area contributed by atoms with Crippen LogP contribution in [0.3, 0.4) is 0 Å². The zero-order valence-electron chi connectivity index (χ0n) is 19.0. The highest BCUT2D eigenvalue weighted by molar-refractivity contribution is 7.16. The van der Waals surface area contributed by atoms with Gasteiger partial charge in [0.1, 0.15) is 0 Å². The van der Waals surface area contributed by atoms with Gasteiger partial charge in [0.05, 0.1) is 20.9 Å². The van der Waals surface area contributed by atoms with Gasteiger partial charge in [-0.2, -0.15) is 0 Å². The van der Waals surface area contributed by atoms with Crippen molar-refractivity contribution in [1.82, 2.24) is 0 Å². The van der Waals surface area contributed by atoms with Gasteiger partial charge in [0, 0.05) is 11.4 Å². The molecular weight excluding hydrogens is 492 g/mol. The fourth-order valence-electron chi connectivity index (χ4n) is 3.88. The maximum atomic E-state index is 12.8. The van der Waals surface area contributed by atoms with Crippen LogP contribution in [0.5, 0.6) is 0 Å². The van der Waals surface area contributed by atoms with E-state index >= 15 is 0 Å². The predicted molar refractivity (Wildman–Crippen MR) is 142 cm³/mol. The number of rotatable bonds is 6. The second kappa shape index (κ2) is 9.56. The number of hydrogen-bond acceptors (Lipinski definition) is 5. The Morgan fingerprint density at radius 1 is 0.514 bits per heavy atom. The third-order valence-corrected chi connectivity index (χ3v) is 6.83. The highest BCUT2D eigenvalue weighted by Gasteiger charge is 2.15. The molecule has 4 N–H and O–H groups in total. The van der Waals surface area contributed by atoms with Gasteiger partial charge >= 0.3 is 11.9 Å². The number of hydrogen-bond donors (Lipinski definition) is 4. The van der Waals surface area contributed by atoms with Crippen LogP contribution in [-0.2, 0) is 0 Å². The Bertz CT molecular complexity index is 1610. The lowest BCUT2D eigenvalue weighted by Crippen LogP contribution is -2.11. The van der Waals surface area contributed by atoms with Crippen LogP contribution in [0.25, 0.3) is 21.5 Å². The quantitative estimate of drug-likeness (QED) is 0.223. The van der Waals surface area contributed by atoms with Gasteiger partial charge in [-0.3, -0.25) is 9.59 Å². The Labute approximate surface area is 213 Å². The number of aromatic carboxylic acids is 2. The van der Waals surface area contributed by atoms with Crippen LogP contribution in [0.4, 0.5) is 11.4 Å². The Morgan fingerprint density at radius 2 is 0.892 bits per heavy atom. The summed E-state index contributed by atoms with van der Waals surface area (Å²) in [5.74, 6) is -2.76. The van der Waals surface area contributed by atoms with E-state index in [1.54, 1.807) is 72.8 Å². The van der Waals surface area contributed by atoms with E-state index in [0.29, 0.717) is 21.1 Å². The van der Waals surface area contributed by atoms with Gasteiger partial charge in [-0.1, -0.05) is 24.3 Å². The zero-order chi connectivity index (χ0) is 26.1. The van der Waals surface area contributed by atoms with Crippen LogP contribution >= 0.6 is 11.3 Å². The molecule has 0 spiro atoms. The van der Waals surface area contributed by atoms with E-state index in [1.165, 1.54) is 12.1 Å². The normalized spacial score (nSPS) is 10.8. The molecule has 9 heteroatoms. The van der Waals surface area contributed by atoms with Crippen LogP contribution in [-0.4, -0.2) is 34.0 Å². The molecule has 5 aromatic rings. The van der Waals surface area contributed by atoms with Crippen molar-refractivity contribution in [2.75, 3.05) is 10.6 Å². The highest BCUT2D eigenvalue weighted by atomic mass is 32.1. The van der Waals surface area contributed by atoms with E-state index < -0.39 is 11.9 Å². The average Bonchev–Trinajstić information content (AvgIpc) is 3.39. The average molecular weight is 511 g/mol. The Morgan fingerprint density at radius 3 is 1.30 bits per heavy atom. The number of anilines is 2. The molecule has 0 saturated carbocycles. The van der Waals surface area contributed by atoms with Gasteiger partial charge in [-0.15, -0.1) is 11.3 Å². The third-order valence-electron chi connectivity index (χ3n) is 5.74. The minimum absolute atomic E-state index is 0.185. The van der Waals surface area contributed by atoms with Crippen LogP contribution in [0, 0.1) is 0 Å². The number of carbonyl (C=O) groups is 4. The lowest BCUT2D eigenvalue weighted by molar-refractivity contribution is 0.0686. The van der Waals surface area contributed by atoms with Gasteiger partial charge in [0.25, 0.3) is 11.8 Å². The number of carboxylic acid groups (broad SMARTS) is 2. The molecule has 0 fully saturated rings. The molecule has 2 amide bonds. The molecule has 8 nitrogen and oxygen atoms in total. The lowest BCUT2D eigenvalue weighted by atomic mass is 10.1. The number of thiophene rings is 1. The molecule has 0 radical (unpaired) electrons. The van der Waals surface area contributed by atoms with Crippen LogP contribution in [0.2, 0.25) is 0 Å². The summed E-state index contributed by atoms with van der Waals surface area (Å²) in [6, 6.07) is 23.0. The molecule has 1 aromatic heterocycles.